The Bertz CT molecular complexity index is 1510. The highest BCUT2D eigenvalue weighted by Gasteiger charge is 2.35. The zero-order chi connectivity index (χ0) is 30.5. The highest BCUT2D eigenvalue weighted by molar-refractivity contribution is 7.92. The summed E-state index contributed by atoms with van der Waals surface area (Å²) in [5.41, 5.74) is 1.50. The predicted molar refractivity (Wildman–Crippen MR) is 167 cm³/mol. The molecular formula is C29H31Cl4N3O4S. The average Bonchev–Trinajstić information content (AvgIpc) is 2.90. The molecule has 1 unspecified atom stereocenters. The molecule has 0 radical (unpaired) electrons. The Morgan fingerprint density at radius 1 is 0.902 bits per heavy atom. The highest BCUT2D eigenvalue weighted by Crippen LogP contribution is 2.36. The number of benzene rings is 3. The first-order valence-corrected chi connectivity index (χ1v) is 15.8. The van der Waals surface area contributed by atoms with Crippen molar-refractivity contribution in [2.75, 3.05) is 10.8 Å². The van der Waals surface area contributed by atoms with Crippen molar-refractivity contribution in [1.29, 1.82) is 0 Å². The van der Waals surface area contributed by atoms with Crippen LogP contribution in [-0.2, 0) is 26.2 Å². The monoisotopic (exact) mass is 657 g/mol. The summed E-state index contributed by atoms with van der Waals surface area (Å²) in [6.45, 7) is 6.55. The minimum Gasteiger partial charge on any atom is -0.352 e. The highest BCUT2D eigenvalue weighted by atomic mass is 35.5. The van der Waals surface area contributed by atoms with Crippen molar-refractivity contribution < 1.29 is 18.0 Å². The number of carbonyl (C=O) groups excluding carboxylic acids is 2. The van der Waals surface area contributed by atoms with Gasteiger partial charge in [-0.25, -0.2) is 8.42 Å². The molecule has 1 atom stereocenters. The molecule has 12 heteroatoms. The largest absolute Gasteiger partial charge is 0.352 e. The number of hydrogen-bond acceptors (Lipinski definition) is 4. The molecule has 41 heavy (non-hydrogen) atoms. The Morgan fingerprint density at radius 2 is 1.56 bits per heavy atom. The molecule has 0 aromatic heterocycles. The van der Waals surface area contributed by atoms with Crippen LogP contribution in [0, 0.1) is 6.92 Å². The Hall–Kier alpha value is -2.49. The summed E-state index contributed by atoms with van der Waals surface area (Å²) >= 11 is 25.0. The van der Waals surface area contributed by atoms with Gasteiger partial charge in [0, 0.05) is 12.6 Å². The predicted octanol–water partition coefficient (Wildman–Crippen LogP) is 7.14. The molecule has 3 aromatic carbocycles. The molecular weight excluding hydrogens is 628 g/mol. The van der Waals surface area contributed by atoms with Crippen molar-refractivity contribution in [2.45, 2.75) is 57.6 Å². The lowest BCUT2D eigenvalue weighted by molar-refractivity contribution is -0.140. The van der Waals surface area contributed by atoms with E-state index in [4.69, 9.17) is 46.4 Å². The summed E-state index contributed by atoms with van der Waals surface area (Å²) in [4.78, 5) is 28.6. The molecule has 220 valence electrons. The molecule has 0 spiro atoms. The SMILES string of the molecule is CCC(C(=O)NC(C)C)N(Cc1ccc(Cl)c(Cl)c1)C(=O)CN(c1cccc(Cl)c1Cl)S(=O)(=O)c1ccc(C)cc1. The Balaban J connectivity index is 2.12. The van der Waals surface area contributed by atoms with Gasteiger partial charge in [0.1, 0.15) is 12.6 Å². The zero-order valence-electron chi connectivity index (χ0n) is 23.0. The Kier molecular flexibility index (Phi) is 11.4. The van der Waals surface area contributed by atoms with E-state index in [9.17, 15) is 18.0 Å². The fraction of sp³-hybridized carbons (Fsp3) is 0.310. The maximum atomic E-state index is 14.1. The van der Waals surface area contributed by atoms with Gasteiger partial charge >= 0.3 is 0 Å². The molecule has 0 bridgehead atoms. The van der Waals surface area contributed by atoms with Gasteiger partial charge in [0.2, 0.25) is 11.8 Å². The van der Waals surface area contributed by atoms with Crippen LogP contribution in [0.3, 0.4) is 0 Å². The standard InChI is InChI=1S/C29H31Cl4N3O4S/c1-5-25(29(38)34-18(2)3)35(16-20-11-14-22(30)24(32)15-20)27(37)17-36(26-8-6-7-23(31)28(26)33)41(39,40)21-12-9-19(4)10-13-21/h6-15,18,25H,5,16-17H2,1-4H3,(H,34,38). The van der Waals surface area contributed by atoms with E-state index in [1.165, 1.54) is 29.2 Å². The van der Waals surface area contributed by atoms with E-state index in [0.717, 1.165) is 9.87 Å². The van der Waals surface area contributed by atoms with E-state index in [1.807, 2.05) is 20.8 Å². The van der Waals surface area contributed by atoms with E-state index < -0.39 is 28.5 Å². The van der Waals surface area contributed by atoms with Gasteiger partial charge in [-0.15, -0.1) is 0 Å². The fourth-order valence-electron chi connectivity index (χ4n) is 4.17. The number of carbonyl (C=O) groups is 2. The number of hydrogen-bond donors (Lipinski definition) is 1. The zero-order valence-corrected chi connectivity index (χ0v) is 26.8. The number of nitrogens with zero attached hydrogens (tertiary/aromatic N) is 2. The molecule has 3 aromatic rings. The third kappa shape index (κ3) is 8.08. The number of anilines is 1. The van der Waals surface area contributed by atoms with E-state index >= 15 is 0 Å². The van der Waals surface area contributed by atoms with Crippen LogP contribution in [0.25, 0.3) is 0 Å². The van der Waals surface area contributed by atoms with Gasteiger partial charge in [-0.1, -0.05) is 83.2 Å². The topological polar surface area (TPSA) is 86.8 Å². The minimum atomic E-state index is -4.29. The smallest absolute Gasteiger partial charge is 0.264 e. The third-order valence-corrected chi connectivity index (χ3v) is 9.56. The molecule has 0 fully saturated rings. The van der Waals surface area contributed by atoms with Gasteiger partial charge in [0.25, 0.3) is 10.0 Å². The first-order chi connectivity index (χ1) is 19.3. The van der Waals surface area contributed by atoms with Crippen LogP contribution < -0.4 is 9.62 Å². The molecule has 3 rings (SSSR count). The maximum absolute atomic E-state index is 14.1. The summed E-state index contributed by atoms with van der Waals surface area (Å²) in [7, 11) is -4.29. The van der Waals surface area contributed by atoms with E-state index in [1.54, 1.807) is 43.3 Å². The molecule has 0 saturated heterocycles. The second-order valence-corrected chi connectivity index (χ2v) is 13.2. The first-order valence-electron chi connectivity index (χ1n) is 12.8. The number of sulfonamides is 1. The van der Waals surface area contributed by atoms with E-state index in [0.29, 0.717) is 10.6 Å². The van der Waals surface area contributed by atoms with Gasteiger partial charge in [0.15, 0.2) is 0 Å². The molecule has 7 nitrogen and oxygen atoms in total. The molecule has 0 aliphatic heterocycles. The van der Waals surface area contributed by atoms with Gasteiger partial charge in [-0.2, -0.15) is 0 Å². The molecule has 2 amide bonds. The number of amides is 2. The van der Waals surface area contributed by atoms with Crippen LogP contribution in [0.1, 0.15) is 38.3 Å². The second kappa shape index (κ2) is 14.1. The summed E-state index contributed by atoms with van der Waals surface area (Å²) < 4.78 is 28.9. The lowest BCUT2D eigenvalue weighted by atomic mass is 10.1. The van der Waals surface area contributed by atoms with Crippen molar-refractivity contribution in [3.8, 4) is 0 Å². The van der Waals surface area contributed by atoms with Crippen LogP contribution in [0.2, 0.25) is 20.1 Å². The molecule has 0 heterocycles. The first kappa shape index (κ1) is 33.0. The number of halogens is 4. The van der Waals surface area contributed by atoms with E-state index in [2.05, 4.69) is 5.32 Å². The van der Waals surface area contributed by atoms with Crippen molar-refractivity contribution >= 4 is 73.9 Å². The summed E-state index contributed by atoms with van der Waals surface area (Å²) in [5.74, 6) is -1.00. The minimum absolute atomic E-state index is 0.0263. The Morgan fingerprint density at radius 3 is 2.15 bits per heavy atom. The maximum Gasteiger partial charge on any atom is 0.264 e. The average molecular weight is 659 g/mol. The molecule has 0 aliphatic rings. The van der Waals surface area contributed by atoms with Crippen LogP contribution in [0.5, 0.6) is 0 Å². The normalized spacial score (nSPS) is 12.2. The number of aryl methyl sites for hydroxylation is 1. The summed E-state index contributed by atoms with van der Waals surface area (Å²) in [6, 6.07) is 14.6. The van der Waals surface area contributed by atoms with Gasteiger partial charge in [-0.3, -0.25) is 13.9 Å². The molecule has 0 aliphatic carbocycles. The van der Waals surface area contributed by atoms with Crippen molar-refractivity contribution in [3.05, 3.63) is 91.9 Å². The van der Waals surface area contributed by atoms with E-state index in [-0.39, 0.29) is 50.6 Å². The third-order valence-electron chi connectivity index (χ3n) is 6.24. The van der Waals surface area contributed by atoms with Crippen molar-refractivity contribution in [1.82, 2.24) is 10.2 Å². The summed E-state index contributed by atoms with van der Waals surface area (Å²) in [5, 5.41) is 3.56. The van der Waals surface area contributed by atoms with Crippen LogP contribution in [0.4, 0.5) is 5.69 Å². The van der Waals surface area contributed by atoms with Crippen molar-refractivity contribution in [3.63, 3.8) is 0 Å². The molecule has 0 saturated carbocycles. The number of rotatable bonds is 11. The van der Waals surface area contributed by atoms with Crippen LogP contribution in [-0.4, -0.2) is 43.8 Å². The van der Waals surface area contributed by atoms with Crippen LogP contribution >= 0.6 is 46.4 Å². The van der Waals surface area contributed by atoms with Gasteiger partial charge in [-0.05, 0) is 69.2 Å². The van der Waals surface area contributed by atoms with Crippen molar-refractivity contribution in [2.24, 2.45) is 0 Å². The summed E-state index contributed by atoms with van der Waals surface area (Å²) in [6.07, 6.45) is 0.272. The van der Waals surface area contributed by atoms with Crippen LogP contribution in [0.15, 0.2) is 65.6 Å². The lowest BCUT2D eigenvalue weighted by Gasteiger charge is -2.34. The lowest BCUT2D eigenvalue weighted by Crippen LogP contribution is -2.53. The van der Waals surface area contributed by atoms with Gasteiger partial charge < -0.3 is 10.2 Å². The fourth-order valence-corrected chi connectivity index (χ4v) is 6.37. The molecule has 1 N–H and O–H groups in total. The van der Waals surface area contributed by atoms with Gasteiger partial charge in [0.05, 0.1) is 30.7 Å². The quantitative estimate of drug-likeness (QED) is 0.237. The number of nitrogens with one attached hydrogen (secondary N) is 1. The Labute approximate surface area is 261 Å². The second-order valence-electron chi connectivity index (χ2n) is 9.76.